The van der Waals surface area contributed by atoms with Gasteiger partial charge in [0.2, 0.25) is 5.91 Å². The molecule has 0 bridgehead atoms. The lowest BCUT2D eigenvalue weighted by atomic mass is 9.93. The number of aliphatic hydroxyl groups excluding tert-OH is 1. The van der Waals surface area contributed by atoms with Gasteiger partial charge in [-0.05, 0) is 36.7 Å². The number of ether oxygens (including phenoxy) is 1. The number of hydrogen-bond acceptors (Lipinski definition) is 7. The Labute approximate surface area is 211 Å². The van der Waals surface area contributed by atoms with Crippen molar-refractivity contribution in [1.82, 2.24) is 19.4 Å². The highest BCUT2D eigenvalue weighted by Gasteiger charge is 2.33. The molecule has 0 spiro atoms. The third kappa shape index (κ3) is 5.41. The molecule has 5 rings (SSSR count). The number of alkyl halides is 3. The number of nitrogens with two attached hydrogens (primary N) is 1. The number of benzene rings is 1. The fraction of sp³-hybridized carbons (Fsp3) is 0.480. The Kier molecular flexibility index (Phi) is 7.06. The zero-order chi connectivity index (χ0) is 26.2. The summed E-state index contributed by atoms with van der Waals surface area (Å²) >= 11 is 0. The van der Waals surface area contributed by atoms with Crippen molar-refractivity contribution in [3.05, 3.63) is 54.0 Å². The summed E-state index contributed by atoms with van der Waals surface area (Å²) in [5, 5.41) is 11.5. The molecule has 1 unspecified atom stereocenters. The molecule has 2 aliphatic heterocycles. The summed E-state index contributed by atoms with van der Waals surface area (Å²) in [4.78, 5) is 24.2. The van der Waals surface area contributed by atoms with Crippen LogP contribution in [0.15, 0.2) is 42.9 Å². The maximum Gasteiger partial charge on any atom is 0.416 e. The first-order valence-electron chi connectivity index (χ1n) is 12.2. The summed E-state index contributed by atoms with van der Waals surface area (Å²) in [6.45, 7) is 3.07. The van der Waals surface area contributed by atoms with Crippen LogP contribution in [0.25, 0.3) is 11.0 Å². The summed E-state index contributed by atoms with van der Waals surface area (Å²) in [6, 6.07) is 6.80. The molecule has 2 aromatic heterocycles. The second-order valence-electron chi connectivity index (χ2n) is 9.62. The number of nitrogens with zero attached hydrogens (tertiary/aromatic N) is 5. The molecular formula is C25H29F3N6O3. The molecule has 3 N–H and O–H groups in total. The number of likely N-dealkylation sites (tertiary alicyclic amines) is 1. The molecule has 1 amide bonds. The topological polar surface area (TPSA) is 110 Å². The second kappa shape index (κ2) is 10.3. The standard InChI is InChI=1S/C25H29F3N6O3/c26-25(27,28)18-3-1-16(2-4-18)20-14-37-10-9-34(20)24-19-6-8-33(23(19)30-15-31-24)11-17-5-7-32(12-21(17)35)13-22(29)36/h1-4,6,8,15,17,20-21,35H,5,7,9-14H2,(H2,29,36)/t17?,20-,21+/m1/s1. The highest BCUT2D eigenvalue weighted by atomic mass is 19.4. The predicted octanol–water partition coefficient (Wildman–Crippen LogP) is 2.20. The summed E-state index contributed by atoms with van der Waals surface area (Å²) in [6.07, 6.45) is -0.881. The molecule has 12 heteroatoms. The molecule has 2 aliphatic rings. The van der Waals surface area contributed by atoms with Gasteiger partial charge in [0.25, 0.3) is 0 Å². The van der Waals surface area contributed by atoms with Gasteiger partial charge in [0.15, 0.2) is 0 Å². The number of carbonyl (C=O) groups is 1. The van der Waals surface area contributed by atoms with E-state index in [2.05, 4.69) is 14.9 Å². The molecule has 2 saturated heterocycles. The smallest absolute Gasteiger partial charge is 0.391 e. The molecule has 9 nitrogen and oxygen atoms in total. The molecule has 1 aromatic carbocycles. The van der Waals surface area contributed by atoms with Crippen LogP contribution in [0.1, 0.15) is 23.6 Å². The van der Waals surface area contributed by atoms with E-state index in [1.807, 2.05) is 21.7 Å². The van der Waals surface area contributed by atoms with E-state index in [1.54, 1.807) is 0 Å². The molecule has 2 fully saturated rings. The van der Waals surface area contributed by atoms with Gasteiger partial charge in [0.1, 0.15) is 17.8 Å². The van der Waals surface area contributed by atoms with Crippen LogP contribution in [0.4, 0.5) is 19.0 Å². The first kappa shape index (κ1) is 25.4. The van der Waals surface area contributed by atoms with E-state index in [1.165, 1.54) is 18.5 Å². The van der Waals surface area contributed by atoms with Gasteiger partial charge in [-0.1, -0.05) is 12.1 Å². The van der Waals surface area contributed by atoms with E-state index in [4.69, 9.17) is 10.5 Å². The minimum absolute atomic E-state index is 0.0126. The number of piperidine rings is 1. The number of morpholine rings is 1. The lowest BCUT2D eigenvalue weighted by Gasteiger charge is -2.37. The molecule has 4 heterocycles. The molecular weight excluding hydrogens is 489 g/mol. The normalized spacial score (nSPS) is 23.5. The molecule has 0 saturated carbocycles. The van der Waals surface area contributed by atoms with Crippen LogP contribution in [-0.4, -0.2) is 75.9 Å². The van der Waals surface area contributed by atoms with Crippen molar-refractivity contribution in [3.63, 3.8) is 0 Å². The summed E-state index contributed by atoms with van der Waals surface area (Å²) in [7, 11) is 0. The monoisotopic (exact) mass is 518 g/mol. The number of fused-ring (bicyclic) bond motifs is 1. The molecule has 3 aromatic rings. The number of β-amino-alcohol motifs (C(OH)–C–C–N with tert-alkyl or cyclic N) is 1. The molecule has 3 atom stereocenters. The summed E-state index contributed by atoms with van der Waals surface area (Å²) in [5.41, 5.74) is 6.02. The SMILES string of the molecule is NC(=O)CN1CCC(Cn2ccc3c(N4CCOC[C@@H]4c4ccc(C(F)(F)F)cc4)ncnc32)[C@@H](O)C1. The van der Waals surface area contributed by atoms with Gasteiger partial charge in [-0.3, -0.25) is 9.69 Å². The minimum atomic E-state index is -4.39. The number of hydrogen-bond donors (Lipinski definition) is 2. The Morgan fingerprint density at radius 3 is 2.65 bits per heavy atom. The number of halogens is 3. The van der Waals surface area contributed by atoms with Gasteiger partial charge >= 0.3 is 6.18 Å². The lowest BCUT2D eigenvalue weighted by Crippen LogP contribution is -2.47. The Bertz CT molecular complexity index is 1250. The number of amides is 1. The van der Waals surface area contributed by atoms with Crippen molar-refractivity contribution in [2.45, 2.75) is 31.3 Å². The van der Waals surface area contributed by atoms with Crippen LogP contribution in [0.5, 0.6) is 0 Å². The van der Waals surface area contributed by atoms with E-state index in [0.717, 1.165) is 23.2 Å². The number of aliphatic hydroxyl groups is 1. The van der Waals surface area contributed by atoms with E-state index < -0.39 is 23.8 Å². The maximum absolute atomic E-state index is 13.1. The van der Waals surface area contributed by atoms with Gasteiger partial charge in [-0.25, -0.2) is 9.97 Å². The number of carbonyl (C=O) groups excluding carboxylic acids is 1. The zero-order valence-corrected chi connectivity index (χ0v) is 20.1. The Morgan fingerprint density at radius 1 is 1.16 bits per heavy atom. The van der Waals surface area contributed by atoms with E-state index in [9.17, 15) is 23.1 Å². The highest BCUT2D eigenvalue weighted by Crippen LogP contribution is 2.35. The number of anilines is 1. The van der Waals surface area contributed by atoms with Crippen molar-refractivity contribution in [1.29, 1.82) is 0 Å². The largest absolute Gasteiger partial charge is 0.416 e. The zero-order valence-electron chi connectivity index (χ0n) is 20.1. The minimum Gasteiger partial charge on any atom is -0.391 e. The van der Waals surface area contributed by atoms with Gasteiger partial charge in [-0.15, -0.1) is 0 Å². The quantitative estimate of drug-likeness (QED) is 0.515. The van der Waals surface area contributed by atoms with Gasteiger partial charge < -0.3 is 25.0 Å². The van der Waals surface area contributed by atoms with E-state index >= 15 is 0 Å². The average Bonchev–Trinajstić information content (AvgIpc) is 3.28. The van der Waals surface area contributed by atoms with E-state index in [0.29, 0.717) is 57.2 Å². The summed E-state index contributed by atoms with van der Waals surface area (Å²) < 4.78 is 46.8. The Hall–Kier alpha value is -3.22. The fourth-order valence-electron chi connectivity index (χ4n) is 5.27. The van der Waals surface area contributed by atoms with Crippen LogP contribution >= 0.6 is 0 Å². The van der Waals surface area contributed by atoms with Crippen molar-refractivity contribution in [2.75, 3.05) is 44.3 Å². The first-order valence-corrected chi connectivity index (χ1v) is 12.2. The third-order valence-electron chi connectivity index (χ3n) is 7.17. The van der Waals surface area contributed by atoms with Crippen LogP contribution in [-0.2, 0) is 22.3 Å². The van der Waals surface area contributed by atoms with Gasteiger partial charge in [0, 0.05) is 31.7 Å². The van der Waals surface area contributed by atoms with Crippen molar-refractivity contribution in [3.8, 4) is 0 Å². The number of aromatic nitrogens is 3. The molecule has 0 aliphatic carbocycles. The van der Waals surface area contributed by atoms with Crippen LogP contribution < -0.4 is 10.6 Å². The molecule has 0 radical (unpaired) electrons. The van der Waals surface area contributed by atoms with Gasteiger partial charge in [0.05, 0.1) is 42.9 Å². The predicted molar refractivity (Wildman–Crippen MR) is 130 cm³/mol. The van der Waals surface area contributed by atoms with Crippen molar-refractivity contribution < 1.29 is 27.8 Å². The number of rotatable bonds is 6. The van der Waals surface area contributed by atoms with E-state index in [-0.39, 0.29) is 18.5 Å². The number of primary amides is 1. The molecule has 37 heavy (non-hydrogen) atoms. The Morgan fingerprint density at radius 2 is 1.95 bits per heavy atom. The third-order valence-corrected chi connectivity index (χ3v) is 7.17. The Balaban J connectivity index is 1.37. The average molecular weight is 519 g/mol. The van der Waals surface area contributed by atoms with Crippen LogP contribution in [0.2, 0.25) is 0 Å². The fourth-order valence-corrected chi connectivity index (χ4v) is 5.27. The van der Waals surface area contributed by atoms with Crippen molar-refractivity contribution >= 4 is 22.8 Å². The van der Waals surface area contributed by atoms with Crippen LogP contribution in [0, 0.1) is 5.92 Å². The highest BCUT2D eigenvalue weighted by molar-refractivity contribution is 5.88. The second-order valence-corrected chi connectivity index (χ2v) is 9.62. The van der Waals surface area contributed by atoms with Gasteiger partial charge in [-0.2, -0.15) is 13.2 Å². The maximum atomic E-state index is 13.1. The summed E-state index contributed by atoms with van der Waals surface area (Å²) in [5.74, 6) is 0.263. The van der Waals surface area contributed by atoms with Crippen LogP contribution in [0.3, 0.4) is 0 Å². The molecule has 198 valence electrons. The van der Waals surface area contributed by atoms with Crippen molar-refractivity contribution in [2.24, 2.45) is 11.7 Å². The lowest BCUT2D eigenvalue weighted by molar-refractivity contribution is -0.137. The first-order chi connectivity index (χ1) is 17.7.